The van der Waals surface area contributed by atoms with Gasteiger partial charge in [-0.25, -0.2) is 0 Å². The minimum absolute atomic E-state index is 0.0420. The van der Waals surface area contributed by atoms with Crippen molar-refractivity contribution in [2.45, 2.75) is 89.8 Å². The lowest BCUT2D eigenvalue weighted by Crippen LogP contribution is -2.61. The van der Waals surface area contributed by atoms with Crippen LogP contribution in [0, 0.1) is 5.92 Å². The summed E-state index contributed by atoms with van der Waals surface area (Å²) in [6.07, 6.45) is 0.727. The van der Waals surface area contributed by atoms with Gasteiger partial charge < -0.3 is 42.7 Å². The van der Waals surface area contributed by atoms with E-state index in [4.69, 9.17) is 11.5 Å². The van der Waals surface area contributed by atoms with Crippen LogP contribution < -0.4 is 32.7 Å². The molecule has 6 atom stereocenters. The van der Waals surface area contributed by atoms with E-state index in [2.05, 4.69) is 26.3 Å². The molecule has 13 heteroatoms. The van der Waals surface area contributed by atoms with E-state index in [0.717, 1.165) is 12.8 Å². The molecule has 0 aromatic heterocycles. The van der Waals surface area contributed by atoms with Crippen molar-refractivity contribution in [1.29, 1.82) is 0 Å². The monoisotopic (exact) mass is 503 g/mol. The first-order chi connectivity index (χ1) is 16.5. The van der Waals surface area contributed by atoms with Crippen molar-refractivity contribution in [3.05, 3.63) is 0 Å². The van der Waals surface area contributed by atoms with Crippen LogP contribution in [0.25, 0.3) is 0 Å². The molecule has 0 aliphatic heterocycles. The molecule has 0 saturated carbocycles. The van der Waals surface area contributed by atoms with Crippen LogP contribution in [0.5, 0.6) is 0 Å². The SMILES string of the molecule is CCCC[C@H](N[C@@H](O)[C@@H](NC(=O)[C@H](CCCCN=C(N)N)NC(=O)[C@@H](C)CO)C(C)O)C(=O)NC. The Bertz CT molecular complexity index is 673. The number of nitrogens with two attached hydrogens (primary N) is 2. The van der Waals surface area contributed by atoms with E-state index < -0.39 is 48.2 Å². The normalized spacial score (nSPS) is 16.2. The lowest BCUT2D eigenvalue weighted by molar-refractivity contribution is -0.133. The average molecular weight is 504 g/mol. The van der Waals surface area contributed by atoms with Crippen molar-refractivity contribution in [1.82, 2.24) is 21.3 Å². The largest absolute Gasteiger partial charge is 0.396 e. The minimum Gasteiger partial charge on any atom is -0.396 e. The lowest BCUT2D eigenvalue weighted by atomic mass is 10.0. The van der Waals surface area contributed by atoms with Gasteiger partial charge in [0.2, 0.25) is 17.7 Å². The number of aliphatic hydroxyl groups is 3. The van der Waals surface area contributed by atoms with Crippen LogP contribution in [-0.2, 0) is 14.4 Å². The summed E-state index contributed by atoms with van der Waals surface area (Å²) in [6.45, 7) is 4.86. The van der Waals surface area contributed by atoms with Crippen LogP contribution in [0.3, 0.4) is 0 Å². The number of unbranched alkanes of at least 4 members (excludes halogenated alkanes) is 2. The zero-order chi connectivity index (χ0) is 27.0. The fourth-order valence-corrected chi connectivity index (χ4v) is 3.24. The third kappa shape index (κ3) is 13.3. The maximum atomic E-state index is 13.0. The van der Waals surface area contributed by atoms with Crippen molar-refractivity contribution < 1.29 is 29.7 Å². The number of carbonyl (C=O) groups is 3. The van der Waals surface area contributed by atoms with E-state index in [1.54, 1.807) is 0 Å². The minimum atomic E-state index is -1.44. The third-order valence-corrected chi connectivity index (χ3v) is 5.50. The highest BCUT2D eigenvalue weighted by molar-refractivity contribution is 5.88. The summed E-state index contributed by atoms with van der Waals surface area (Å²) >= 11 is 0. The number of carbonyl (C=O) groups excluding carboxylic acids is 3. The van der Waals surface area contributed by atoms with E-state index in [1.807, 2.05) is 6.92 Å². The maximum absolute atomic E-state index is 13.0. The van der Waals surface area contributed by atoms with Gasteiger partial charge in [-0.2, -0.15) is 0 Å². The van der Waals surface area contributed by atoms with Gasteiger partial charge in [0.15, 0.2) is 5.96 Å². The fraction of sp³-hybridized carbons (Fsp3) is 0.818. The molecule has 0 fully saturated rings. The van der Waals surface area contributed by atoms with Gasteiger partial charge in [-0.15, -0.1) is 0 Å². The van der Waals surface area contributed by atoms with Crippen LogP contribution in [0.4, 0.5) is 0 Å². The molecule has 204 valence electrons. The molecular formula is C22H45N7O6. The molecule has 0 heterocycles. The number of hydrogen-bond acceptors (Lipinski definition) is 8. The van der Waals surface area contributed by atoms with Gasteiger partial charge in [-0.3, -0.25) is 24.7 Å². The van der Waals surface area contributed by atoms with Gasteiger partial charge >= 0.3 is 0 Å². The molecule has 0 rings (SSSR count). The van der Waals surface area contributed by atoms with Crippen molar-refractivity contribution in [2.24, 2.45) is 22.4 Å². The first-order valence-electron chi connectivity index (χ1n) is 12.1. The number of nitrogens with one attached hydrogen (secondary N) is 4. The molecular weight excluding hydrogens is 458 g/mol. The van der Waals surface area contributed by atoms with E-state index in [0.29, 0.717) is 25.8 Å². The predicted molar refractivity (Wildman–Crippen MR) is 133 cm³/mol. The fourth-order valence-electron chi connectivity index (χ4n) is 3.24. The van der Waals surface area contributed by atoms with Crippen molar-refractivity contribution in [3.8, 4) is 0 Å². The van der Waals surface area contributed by atoms with Gasteiger partial charge in [-0.05, 0) is 32.6 Å². The van der Waals surface area contributed by atoms with Crippen LogP contribution in [0.15, 0.2) is 4.99 Å². The number of aliphatic imine (C=N–C) groups is 1. The van der Waals surface area contributed by atoms with Crippen LogP contribution >= 0.6 is 0 Å². The summed E-state index contributed by atoms with van der Waals surface area (Å²) in [7, 11) is 1.48. The summed E-state index contributed by atoms with van der Waals surface area (Å²) in [6, 6.07) is -2.86. The van der Waals surface area contributed by atoms with Crippen molar-refractivity contribution in [2.75, 3.05) is 20.2 Å². The molecule has 0 aromatic carbocycles. The second-order valence-electron chi connectivity index (χ2n) is 8.64. The molecule has 3 amide bonds. The molecule has 0 aliphatic rings. The Labute approximate surface area is 207 Å². The Kier molecular flexibility index (Phi) is 16.6. The number of guanidine groups is 1. The average Bonchev–Trinajstić information content (AvgIpc) is 2.81. The molecule has 0 radical (unpaired) electrons. The van der Waals surface area contributed by atoms with E-state index in [1.165, 1.54) is 20.9 Å². The number of aliphatic hydroxyl groups excluding tert-OH is 3. The number of amides is 3. The standard InChI is InChI=1S/C22H45N7O6/c1-5-6-9-15(19(33)25-4)28-21(35)17(14(3)31)29-20(34)16(27-18(32)13(2)12-30)10-7-8-11-26-22(23)24/h13-17,21,28,30-31,35H,5-12H2,1-4H3,(H,25,33)(H,27,32)(H,29,34)(H4,23,24,26)/t13-,14?,15-,16-,17-,21-/m0/s1. The summed E-state index contributed by atoms with van der Waals surface area (Å²) in [5.41, 5.74) is 10.6. The molecule has 0 aliphatic carbocycles. The molecule has 11 N–H and O–H groups in total. The van der Waals surface area contributed by atoms with Crippen molar-refractivity contribution in [3.63, 3.8) is 0 Å². The Morgan fingerprint density at radius 3 is 2.06 bits per heavy atom. The van der Waals surface area contributed by atoms with Crippen LogP contribution in [0.1, 0.15) is 59.3 Å². The number of rotatable bonds is 18. The highest BCUT2D eigenvalue weighted by Gasteiger charge is 2.32. The zero-order valence-corrected chi connectivity index (χ0v) is 21.3. The van der Waals surface area contributed by atoms with Gasteiger partial charge in [-0.1, -0.05) is 26.7 Å². The second kappa shape index (κ2) is 17.9. The smallest absolute Gasteiger partial charge is 0.243 e. The topological polar surface area (TPSA) is 224 Å². The third-order valence-electron chi connectivity index (χ3n) is 5.50. The number of nitrogens with zero attached hydrogens (tertiary/aromatic N) is 1. The maximum Gasteiger partial charge on any atom is 0.243 e. The van der Waals surface area contributed by atoms with Gasteiger partial charge in [0.1, 0.15) is 12.3 Å². The molecule has 0 saturated heterocycles. The predicted octanol–water partition coefficient (Wildman–Crippen LogP) is -2.38. The van der Waals surface area contributed by atoms with E-state index in [9.17, 15) is 29.7 Å². The zero-order valence-electron chi connectivity index (χ0n) is 21.3. The summed E-state index contributed by atoms with van der Waals surface area (Å²) in [4.78, 5) is 41.4. The highest BCUT2D eigenvalue weighted by Crippen LogP contribution is 2.08. The molecule has 35 heavy (non-hydrogen) atoms. The molecule has 0 aromatic rings. The first kappa shape index (κ1) is 32.5. The van der Waals surface area contributed by atoms with Gasteiger partial charge in [0.05, 0.1) is 30.7 Å². The quantitative estimate of drug-likeness (QED) is 0.0421. The lowest BCUT2D eigenvalue weighted by Gasteiger charge is -2.31. The second-order valence-corrected chi connectivity index (χ2v) is 8.64. The Morgan fingerprint density at radius 2 is 1.54 bits per heavy atom. The Hall–Kier alpha value is -2.48. The summed E-state index contributed by atoms with van der Waals surface area (Å²) in [5, 5.41) is 40.7. The van der Waals surface area contributed by atoms with Crippen LogP contribution in [-0.4, -0.2) is 89.7 Å². The first-order valence-corrected chi connectivity index (χ1v) is 12.1. The Morgan fingerprint density at radius 1 is 0.914 bits per heavy atom. The molecule has 0 spiro atoms. The summed E-state index contributed by atoms with van der Waals surface area (Å²) < 4.78 is 0. The van der Waals surface area contributed by atoms with E-state index >= 15 is 0 Å². The summed E-state index contributed by atoms with van der Waals surface area (Å²) in [5.74, 6) is -2.22. The van der Waals surface area contributed by atoms with Crippen molar-refractivity contribution >= 4 is 23.7 Å². The molecule has 1 unspecified atom stereocenters. The van der Waals surface area contributed by atoms with Gasteiger partial charge in [0.25, 0.3) is 0 Å². The molecule has 13 nitrogen and oxygen atoms in total. The van der Waals surface area contributed by atoms with Crippen LogP contribution in [0.2, 0.25) is 0 Å². The highest BCUT2D eigenvalue weighted by atomic mass is 16.3. The molecule has 0 bridgehead atoms. The number of likely N-dealkylation sites (N-methyl/N-ethyl adjacent to an activating group) is 1. The number of hydrogen-bond donors (Lipinski definition) is 9. The Balaban J connectivity index is 5.41. The van der Waals surface area contributed by atoms with Gasteiger partial charge in [0, 0.05) is 13.6 Å². The van der Waals surface area contributed by atoms with E-state index in [-0.39, 0.29) is 24.9 Å².